The molecule has 6 rings (SSSR count). The van der Waals surface area contributed by atoms with Crippen LogP contribution in [0.2, 0.25) is 0 Å². The quantitative estimate of drug-likeness (QED) is 0.185. The number of hydrogen-bond donors (Lipinski definition) is 1. The van der Waals surface area contributed by atoms with Crippen LogP contribution in [-0.2, 0) is 16.6 Å². The maximum atomic E-state index is 13.5. The molecule has 0 saturated carbocycles. The summed E-state index contributed by atoms with van der Waals surface area (Å²) in [5, 5.41) is 27.7. The Bertz CT molecular complexity index is 1800. The summed E-state index contributed by atoms with van der Waals surface area (Å²) in [4.78, 5) is 26.5. The Kier molecular flexibility index (Phi) is 9.24. The van der Waals surface area contributed by atoms with Crippen LogP contribution in [0.3, 0.4) is 0 Å². The molecule has 0 aliphatic carbocycles. The standard InChI is InChI=1S/C31H35N7O8S/c1-22-8-10-36(11-9-22)47(43,44)31-18-25(37(39)40)4-5-26(31)33-32-19-23-2-6-27(28(16-23)38(41)42)35-14-12-34(13-15-35)20-24-3-7-29-30(17-24)46-21-45-29/h2-7,16-19,22,33H,8-15,20-21H2,1H3/b32-19-. The van der Waals surface area contributed by atoms with Gasteiger partial charge in [0.25, 0.3) is 11.4 Å². The number of benzene rings is 3. The molecule has 0 aromatic heterocycles. The van der Waals surface area contributed by atoms with Crippen LogP contribution in [0.15, 0.2) is 64.6 Å². The maximum absolute atomic E-state index is 13.5. The zero-order chi connectivity index (χ0) is 33.1. The number of nitro benzene ring substituents is 2. The van der Waals surface area contributed by atoms with E-state index in [0.717, 1.165) is 42.8 Å². The van der Waals surface area contributed by atoms with Gasteiger partial charge in [0, 0.05) is 69.6 Å². The average molecular weight is 666 g/mol. The summed E-state index contributed by atoms with van der Waals surface area (Å²) in [5.74, 6) is 1.86. The fraction of sp³-hybridized carbons (Fsp3) is 0.387. The van der Waals surface area contributed by atoms with Gasteiger partial charge in [-0.1, -0.05) is 19.1 Å². The first-order valence-corrected chi connectivity index (χ1v) is 16.7. The molecule has 15 nitrogen and oxygen atoms in total. The fourth-order valence-electron chi connectivity index (χ4n) is 5.95. The number of nitrogens with zero attached hydrogens (tertiary/aromatic N) is 6. The first-order valence-electron chi connectivity index (χ1n) is 15.3. The molecule has 3 aromatic carbocycles. The number of sulfonamides is 1. The van der Waals surface area contributed by atoms with Crippen LogP contribution < -0.4 is 19.8 Å². The molecule has 3 aliphatic heterocycles. The normalized spacial score (nSPS) is 17.7. The molecule has 0 atom stereocenters. The van der Waals surface area contributed by atoms with Crippen molar-refractivity contribution in [3.63, 3.8) is 0 Å². The molecule has 3 heterocycles. The van der Waals surface area contributed by atoms with Gasteiger partial charge in [0.15, 0.2) is 11.5 Å². The molecular formula is C31H35N7O8S. The summed E-state index contributed by atoms with van der Waals surface area (Å²) in [6, 6.07) is 14.2. The van der Waals surface area contributed by atoms with Crippen LogP contribution in [-0.4, -0.2) is 79.7 Å². The van der Waals surface area contributed by atoms with Gasteiger partial charge >= 0.3 is 0 Å². The summed E-state index contributed by atoms with van der Waals surface area (Å²) >= 11 is 0. The minimum absolute atomic E-state index is 0.0650. The maximum Gasteiger partial charge on any atom is 0.293 e. The third-order valence-corrected chi connectivity index (χ3v) is 10.6. The van der Waals surface area contributed by atoms with E-state index in [0.29, 0.717) is 56.2 Å². The van der Waals surface area contributed by atoms with Gasteiger partial charge in [-0.3, -0.25) is 30.6 Å². The molecule has 0 unspecified atom stereocenters. The number of nitrogens with one attached hydrogen (secondary N) is 1. The van der Waals surface area contributed by atoms with Crippen molar-refractivity contribution >= 4 is 39.0 Å². The molecule has 0 amide bonds. The lowest BCUT2D eigenvalue weighted by Crippen LogP contribution is -2.46. The number of ether oxygens (including phenoxy) is 2. The van der Waals surface area contributed by atoms with Crippen molar-refractivity contribution < 1.29 is 27.7 Å². The molecule has 248 valence electrons. The second-order valence-electron chi connectivity index (χ2n) is 11.9. The van der Waals surface area contributed by atoms with E-state index in [-0.39, 0.29) is 28.8 Å². The van der Waals surface area contributed by atoms with Gasteiger partial charge in [-0.25, -0.2) is 8.42 Å². The van der Waals surface area contributed by atoms with Gasteiger partial charge < -0.3 is 14.4 Å². The monoisotopic (exact) mass is 665 g/mol. The Morgan fingerprint density at radius 1 is 0.915 bits per heavy atom. The van der Waals surface area contributed by atoms with Crippen molar-refractivity contribution in [3.05, 3.63) is 86.0 Å². The average Bonchev–Trinajstić information content (AvgIpc) is 3.53. The lowest BCUT2D eigenvalue weighted by molar-refractivity contribution is -0.385. The Hall–Kier alpha value is -4.80. The zero-order valence-electron chi connectivity index (χ0n) is 25.8. The number of fused-ring (bicyclic) bond motifs is 1. The Morgan fingerprint density at radius 3 is 2.38 bits per heavy atom. The molecule has 0 bridgehead atoms. The van der Waals surface area contributed by atoms with Gasteiger partial charge in [-0.15, -0.1) is 0 Å². The smallest absolute Gasteiger partial charge is 0.293 e. The van der Waals surface area contributed by atoms with E-state index in [9.17, 15) is 28.6 Å². The van der Waals surface area contributed by atoms with Crippen LogP contribution in [0.25, 0.3) is 0 Å². The Morgan fingerprint density at radius 2 is 1.66 bits per heavy atom. The first-order chi connectivity index (χ1) is 22.6. The lowest BCUT2D eigenvalue weighted by atomic mass is 10.0. The van der Waals surface area contributed by atoms with Gasteiger partial charge in [0.1, 0.15) is 10.6 Å². The second kappa shape index (κ2) is 13.5. The number of piperazine rings is 1. The van der Waals surface area contributed by atoms with Gasteiger partial charge in [-0.2, -0.15) is 9.41 Å². The number of hydrazone groups is 1. The third-order valence-electron chi connectivity index (χ3n) is 8.69. The van der Waals surface area contributed by atoms with Gasteiger partial charge in [0.2, 0.25) is 16.8 Å². The topological polar surface area (TPSA) is 173 Å². The summed E-state index contributed by atoms with van der Waals surface area (Å²) in [5.41, 5.74) is 4.35. The molecule has 3 aromatic rings. The fourth-order valence-corrected chi connectivity index (χ4v) is 7.58. The largest absolute Gasteiger partial charge is 0.454 e. The van der Waals surface area contributed by atoms with Crippen LogP contribution in [0.1, 0.15) is 30.9 Å². The number of nitro groups is 2. The molecule has 2 saturated heterocycles. The number of hydrogen-bond acceptors (Lipinski definition) is 12. The second-order valence-corrected chi connectivity index (χ2v) is 13.8. The van der Waals surface area contributed by atoms with E-state index >= 15 is 0 Å². The van der Waals surface area contributed by atoms with Crippen molar-refractivity contribution in [1.29, 1.82) is 0 Å². The highest BCUT2D eigenvalue weighted by atomic mass is 32.2. The molecule has 16 heteroatoms. The SMILES string of the molecule is CC1CCN(S(=O)(=O)c2cc([N+](=O)[O-])ccc2N/N=C\c2ccc(N3CCN(Cc4ccc5c(c4)OCO5)CC3)c([N+](=O)[O-])c2)CC1. The van der Waals surface area contributed by atoms with E-state index in [1.807, 2.05) is 23.1 Å². The first kappa shape index (κ1) is 32.2. The minimum Gasteiger partial charge on any atom is -0.454 e. The highest BCUT2D eigenvalue weighted by molar-refractivity contribution is 7.89. The predicted octanol–water partition coefficient (Wildman–Crippen LogP) is 4.42. The van der Waals surface area contributed by atoms with Crippen molar-refractivity contribution in [2.24, 2.45) is 11.0 Å². The molecule has 0 radical (unpaired) electrons. The van der Waals surface area contributed by atoms with E-state index < -0.39 is 19.9 Å². The van der Waals surface area contributed by atoms with Crippen LogP contribution >= 0.6 is 0 Å². The van der Waals surface area contributed by atoms with Crippen molar-refractivity contribution in [2.75, 3.05) is 56.4 Å². The van der Waals surface area contributed by atoms with Crippen LogP contribution in [0, 0.1) is 26.1 Å². The van der Waals surface area contributed by atoms with E-state index in [1.165, 1.54) is 28.7 Å². The molecule has 3 aliphatic rings. The molecule has 47 heavy (non-hydrogen) atoms. The van der Waals surface area contributed by atoms with Crippen LogP contribution in [0.4, 0.5) is 22.7 Å². The molecule has 1 N–H and O–H groups in total. The van der Waals surface area contributed by atoms with E-state index in [1.54, 1.807) is 12.1 Å². The van der Waals surface area contributed by atoms with Gasteiger partial charge in [-0.05, 0) is 48.6 Å². The Labute approximate surface area is 271 Å². The van der Waals surface area contributed by atoms with E-state index in [2.05, 4.69) is 22.4 Å². The van der Waals surface area contributed by atoms with Crippen molar-refractivity contribution in [3.8, 4) is 11.5 Å². The Balaban J connectivity index is 1.14. The summed E-state index contributed by atoms with van der Waals surface area (Å²) in [6.45, 7) is 6.29. The van der Waals surface area contributed by atoms with E-state index in [4.69, 9.17) is 9.47 Å². The predicted molar refractivity (Wildman–Crippen MR) is 175 cm³/mol. The summed E-state index contributed by atoms with van der Waals surface area (Å²) in [6.07, 6.45) is 2.74. The minimum atomic E-state index is -4.04. The summed E-state index contributed by atoms with van der Waals surface area (Å²) < 4.78 is 39.2. The zero-order valence-corrected chi connectivity index (χ0v) is 26.6. The lowest BCUT2D eigenvalue weighted by Gasteiger charge is -2.35. The molecule has 2 fully saturated rings. The highest BCUT2D eigenvalue weighted by Crippen LogP contribution is 2.34. The third kappa shape index (κ3) is 7.13. The summed E-state index contributed by atoms with van der Waals surface area (Å²) in [7, 11) is -4.04. The number of anilines is 2. The molecular weight excluding hydrogens is 630 g/mol. The number of non-ortho nitro benzene ring substituents is 1. The van der Waals surface area contributed by atoms with Crippen LogP contribution in [0.5, 0.6) is 11.5 Å². The van der Waals surface area contributed by atoms with Gasteiger partial charge in [0.05, 0.1) is 21.7 Å². The number of piperidine rings is 1. The molecule has 0 spiro atoms. The number of rotatable bonds is 10. The highest BCUT2D eigenvalue weighted by Gasteiger charge is 2.32. The van der Waals surface area contributed by atoms with Crippen molar-refractivity contribution in [1.82, 2.24) is 9.21 Å². The van der Waals surface area contributed by atoms with Crippen molar-refractivity contribution in [2.45, 2.75) is 31.2 Å².